The third-order valence-electron chi connectivity index (χ3n) is 2.81. The number of hydrogen-bond donors (Lipinski definition) is 0. The van der Waals surface area contributed by atoms with Gasteiger partial charge < -0.3 is 8.83 Å². The van der Waals surface area contributed by atoms with Gasteiger partial charge in [0.1, 0.15) is 0 Å². The van der Waals surface area contributed by atoms with E-state index in [-0.39, 0.29) is 0 Å². The van der Waals surface area contributed by atoms with Crippen molar-refractivity contribution in [2.24, 2.45) is 0 Å². The first kappa shape index (κ1) is 13.8. The predicted molar refractivity (Wildman–Crippen MR) is 83.4 cm³/mol. The van der Waals surface area contributed by atoms with Gasteiger partial charge >= 0.3 is 0 Å². The lowest BCUT2D eigenvalue weighted by atomic mass is 10.3. The minimum Gasteiger partial charge on any atom is -0.439 e. The summed E-state index contributed by atoms with van der Waals surface area (Å²) in [6, 6.07) is 7.34. The van der Waals surface area contributed by atoms with Crippen LogP contribution in [0.2, 0.25) is 0 Å². The Hall–Kier alpha value is -3.20. The maximum atomic E-state index is 5.52. The molecule has 0 amide bonds. The van der Waals surface area contributed by atoms with Crippen molar-refractivity contribution in [1.82, 2.24) is 0 Å². The number of hydrogen-bond acceptors (Lipinski definition) is 2. The molecule has 0 atom stereocenters. The molecule has 2 aromatic rings. The van der Waals surface area contributed by atoms with E-state index in [4.69, 9.17) is 8.83 Å². The van der Waals surface area contributed by atoms with Crippen LogP contribution in [0.5, 0.6) is 0 Å². The number of fused-ring (bicyclic) bond motifs is 4. The van der Waals surface area contributed by atoms with E-state index in [1.54, 1.807) is 0 Å². The van der Waals surface area contributed by atoms with Gasteiger partial charge in [-0.15, -0.1) is 0 Å². The lowest BCUT2D eigenvalue weighted by molar-refractivity contribution is 0.541. The fourth-order valence-electron chi connectivity index (χ4n) is 1.79. The zero-order valence-corrected chi connectivity index (χ0v) is 12.0. The minimum atomic E-state index is 0.633. The first-order valence-electron chi connectivity index (χ1n) is 7.05. The second kappa shape index (κ2) is 6.99. The molecule has 1 aliphatic rings. The fraction of sp³-hybridized carbons (Fsp3) is 0.200. The first-order chi connectivity index (χ1) is 10.9. The van der Waals surface area contributed by atoms with Crippen LogP contribution in [0.4, 0.5) is 0 Å². The van der Waals surface area contributed by atoms with Crippen LogP contribution in [0.3, 0.4) is 0 Å². The largest absolute Gasteiger partial charge is 0.439 e. The van der Waals surface area contributed by atoms with Crippen molar-refractivity contribution in [3.05, 3.63) is 47.3 Å². The van der Waals surface area contributed by atoms with E-state index in [2.05, 4.69) is 47.4 Å². The molecule has 0 spiro atoms. The van der Waals surface area contributed by atoms with E-state index in [9.17, 15) is 0 Å². The van der Waals surface area contributed by atoms with E-state index < -0.39 is 0 Å². The van der Waals surface area contributed by atoms with Gasteiger partial charge in [0.05, 0.1) is 0 Å². The van der Waals surface area contributed by atoms with Gasteiger partial charge in [-0.25, -0.2) is 0 Å². The molecular formula is C20H12O2. The third kappa shape index (κ3) is 3.90. The molecule has 0 fully saturated rings. The van der Waals surface area contributed by atoms with Gasteiger partial charge in [-0.2, -0.15) is 0 Å². The molecule has 0 unspecified atom stereocenters. The standard InChI is InChI=1S/C20H12O2/c1-2-6-10-18-15-16-20(22-18)12-8-4-3-7-11-19-14-13-17(21-19)9-5-1/h13-16H,1-4H2. The zero-order chi connectivity index (χ0) is 15.0. The van der Waals surface area contributed by atoms with E-state index in [0.717, 1.165) is 0 Å². The average Bonchev–Trinajstić information content (AvgIpc) is 3.15. The van der Waals surface area contributed by atoms with Crippen LogP contribution in [0.1, 0.15) is 48.7 Å². The highest BCUT2D eigenvalue weighted by Gasteiger charge is 1.96. The topological polar surface area (TPSA) is 26.3 Å². The number of rotatable bonds is 0. The lowest BCUT2D eigenvalue weighted by Crippen LogP contribution is -1.72. The molecule has 0 aromatic carbocycles. The van der Waals surface area contributed by atoms with Crippen molar-refractivity contribution in [1.29, 1.82) is 0 Å². The normalized spacial score (nSPS) is 12.7. The molecule has 3 rings (SSSR count). The molecule has 3 heterocycles. The van der Waals surface area contributed by atoms with Crippen molar-refractivity contribution < 1.29 is 8.83 Å². The molecule has 2 heteroatoms. The zero-order valence-electron chi connectivity index (χ0n) is 12.0. The minimum absolute atomic E-state index is 0.633. The van der Waals surface area contributed by atoms with Gasteiger partial charge in [0.2, 0.25) is 0 Å². The Labute approximate surface area is 129 Å². The van der Waals surface area contributed by atoms with E-state index in [1.165, 1.54) is 0 Å². The lowest BCUT2D eigenvalue weighted by Gasteiger charge is -1.84. The van der Waals surface area contributed by atoms with Gasteiger partial charge in [-0.1, -0.05) is 23.7 Å². The Kier molecular flexibility index (Phi) is 4.38. The highest BCUT2D eigenvalue weighted by atomic mass is 16.3. The second-order valence-corrected chi connectivity index (χ2v) is 4.53. The average molecular weight is 284 g/mol. The summed E-state index contributed by atoms with van der Waals surface area (Å²) in [6.45, 7) is 0. The maximum Gasteiger partial charge on any atom is 0.178 e. The van der Waals surface area contributed by atoms with Crippen molar-refractivity contribution in [3.63, 3.8) is 0 Å². The van der Waals surface area contributed by atoms with Crippen LogP contribution in [0.25, 0.3) is 0 Å². The third-order valence-corrected chi connectivity index (χ3v) is 2.81. The summed E-state index contributed by atoms with van der Waals surface area (Å²) in [6.07, 6.45) is 2.73. The maximum absolute atomic E-state index is 5.52. The van der Waals surface area contributed by atoms with Gasteiger partial charge in [0, 0.05) is 25.7 Å². The molecule has 0 saturated heterocycles. The van der Waals surface area contributed by atoms with Gasteiger partial charge in [0.15, 0.2) is 23.0 Å². The van der Waals surface area contributed by atoms with Gasteiger partial charge in [-0.3, -0.25) is 0 Å². The smallest absolute Gasteiger partial charge is 0.178 e. The van der Waals surface area contributed by atoms with Gasteiger partial charge in [-0.05, 0) is 47.9 Å². The quantitative estimate of drug-likeness (QED) is 0.691. The molecule has 1 aliphatic heterocycles. The van der Waals surface area contributed by atoms with Crippen LogP contribution >= 0.6 is 0 Å². The highest BCUT2D eigenvalue weighted by Crippen LogP contribution is 2.07. The van der Waals surface area contributed by atoms with Crippen LogP contribution in [0, 0.1) is 47.4 Å². The summed E-state index contributed by atoms with van der Waals surface area (Å²) in [5.41, 5.74) is 0. The SMILES string of the molecule is C1#Cc2ccc(o2)C#CCCC#Cc2ccc(o2)C#CCC1. The molecule has 2 aromatic heterocycles. The summed E-state index contributed by atoms with van der Waals surface area (Å²) in [5, 5.41) is 0. The van der Waals surface area contributed by atoms with E-state index in [1.807, 2.05) is 24.3 Å². The van der Waals surface area contributed by atoms with Crippen molar-refractivity contribution in [2.45, 2.75) is 25.7 Å². The summed E-state index contributed by atoms with van der Waals surface area (Å²) in [5.74, 6) is 26.6. The van der Waals surface area contributed by atoms with Crippen LogP contribution < -0.4 is 0 Å². The van der Waals surface area contributed by atoms with Crippen LogP contribution in [-0.4, -0.2) is 0 Å². The Morgan fingerprint density at radius 1 is 0.500 bits per heavy atom. The summed E-state index contributed by atoms with van der Waals surface area (Å²) in [4.78, 5) is 0. The molecule has 0 aliphatic carbocycles. The first-order valence-corrected chi connectivity index (χ1v) is 7.05. The van der Waals surface area contributed by atoms with E-state index in [0.29, 0.717) is 48.7 Å². The monoisotopic (exact) mass is 284 g/mol. The van der Waals surface area contributed by atoms with Crippen LogP contribution in [0.15, 0.2) is 33.1 Å². The molecular weight excluding hydrogens is 272 g/mol. The Balaban J connectivity index is 1.81. The predicted octanol–water partition coefficient (Wildman–Crippen LogP) is 3.55. The Morgan fingerprint density at radius 3 is 1.05 bits per heavy atom. The summed E-state index contributed by atoms with van der Waals surface area (Å²) in [7, 11) is 0. The van der Waals surface area contributed by atoms with Gasteiger partial charge in [0.25, 0.3) is 0 Å². The summed E-state index contributed by atoms with van der Waals surface area (Å²) >= 11 is 0. The summed E-state index contributed by atoms with van der Waals surface area (Å²) < 4.78 is 11.0. The molecule has 0 saturated carbocycles. The Morgan fingerprint density at radius 2 is 0.773 bits per heavy atom. The van der Waals surface area contributed by atoms with E-state index >= 15 is 0 Å². The number of furan rings is 2. The van der Waals surface area contributed by atoms with Crippen molar-refractivity contribution in [2.75, 3.05) is 0 Å². The van der Waals surface area contributed by atoms with Crippen molar-refractivity contribution >= 4 is 0 Å². The fourth-order valence-corrected chi connectivity index (χ4v) is 1.79. The Bertz CT molecular complexity index is 758. The molecule has 2 nitrogen and oxygen atoms in total. The molecule has 4 bridgehead atoms. The molecule has 0 radical (unpaired) electrons. The second-order valence-electron chi connectivity index (χ2n) is 4.53. The van der Waals surface area contributed by atoms with Crippen LogP contribution in [-0.2, 0) is 0 Å². The molecule has 0 N–H and O–H groups in total. The highest BCUT2D eigenvalue weighted by molar-refractivity contribution is 5.35. The molecule has 22 heavy (non-hydrogen) atoms. The van der Waals surface area contributed by atoms with Crippen molar-refractivity contribution in [3.8, 4) is 47.4 Å². The molecule has 104 valence electrons.